The van der Waals surface area contributed by atoms with Crippen molar-refractivity contribution in [3.05, 3.63) is 23.5 Å². The molecule has 0 aliphatic rings. The number of nitrogens with two attached hydrogens (primary N) is 1. The second-order valence-electron chi connectivity index (χ2n) is 2.84. The fourth-order valence-electron chi connectivity index (χ4n) is 1.24. The lowest BCUT2D eigenvalue weighted by Gasteiger charge is -2.10. The van der Waals surface area contributed by atoms with E-state index in [0.29, 0.717) is 30.0 Å². The molecule has 0 heterocycles. The van der Waals surface area contributed by atoms with Crippen molar-refractivity contribution >= 4 is 0 Å². The average molecular weight is 199 g/mol. The third-order valence-corrected chi connectivity index (χ3v) is 1.97. The maximum Gasteiger partial charge on any atom is 0.163 e. The largest absolute Gasteiger partial charge is 0.493 e. The summed E-state index contributed by atoms with van der Waals surface area (Å²) in [6.07, 6.45) is 0.492. The van der Waals surface area contributed by atoms with E-state index in [1.54, 1.807) is 6.07 Å². The zero-order valence-electron chi connectivity index (χ0n) is 8.34. The molecule has 0 aromatic heterocycles. The van der Waals surface area contributed by atoms with Crippen LogP contribution in [0.15, 0.2) is 12.1 Å². The van der Waals surface area contributed by atoms with Crippen molar-refractivity contribution in [2.45, 2.75) is 6.42 Å². The van der Waals surface area contributed by atoms with Crippen LogP contribution >= 0.6 is 0 Å². The molecule has 0 atom stereocenters. The Hall–Kier alpha value is -1.29. The van der Waals surface area contributed by atoms with Crippen LogP contribution < -0.4 is 15.2 Å². The first-order valence-corrected chi connectivity index (χ1v) is 4.33. The minimum atomic E-state index is -0.312. The molecule has 0 aliphatic heterocycles. The lowest BCUT2D eigenvalue weighted by molar-refractivity contribution is 0.351. The first-order chi connectivity index (χ1) is 6.72. The van der Waals surface area contributed by atoms with Crippen LogP contribution in [0.2, 0.25) is 0 Å². The van der Waals surface area contributed by atoms with Gasteiger partial charge in [-0.3, -0.25) is 0 Å². The highest BCUT2D eigenvalue weighted by Crippen LogP contribution is 2.29. The van der Waals surface area contributed by atoms with Gasteiger partial charge in [0.2, 0.25) is 0 Å². The topological polar surface area (TPSA) is 44.5 Å². The molecule has 1 rings (SSSR count). The lowest BCUT2D eigenvalue weighted by Crippen LogP contribution is -2.05. The molecule has 0 saturated heterocycles. The minimum absolute atomic E-state index is 0.312. The number of rotatable bonds is 4. The maximum atomic E-state index is 13.3. The number of halogens is 1. The number of hydrogen-bond donors (Lipinski definition) is 1. The smallest absolute Gasteiger partial charge is 0.163 e. The molecule has 0 aliphatic carbocycles. The standard InChI is InChI=1S/C10H14FNO2/c1-13-9-5-7(3-4-12)8(11)6-10(9)14-2/h5-6H,3-4,12H2,1-2H3. The van der Waals surface area contributed by atoms with Crippen molar-refractivity contribution in [1.82, 2.24) is 0 Å². The van der Waals surface area contributed by atoms with Crippen molar-refractivity contribution in [1.29, 1.82) is 0 Å². The van der Waals surface area contributed by atoms with Gasteiger partial charge in [-0.25, -0.2) is 4.39 Å². The first-order valence-electron chi connectivity index (χ1n) is 4.33. The third-order valence-electron chi connectivity index (χ3n) is 1.97. The molecule has 0 unspecified atom stereocenters. The van der Waals surface area contributed by atoms with Gasteiger partial charge in [-0.05, 0) is 24.6 Å². The van der Waals surface area contributed by atoms with Crippen molar-refractivity contribution in [3.63, 3.8) is 0 Å². The van der Waals surface area contributed by atoms with Crippen LogP contribution in [0.1, 0.15) is 5.56 Å². The summed E-state index contributed by atoms with van der Waals surface area (Å²) in [4.78, 5) is 0. The number of ether oxygens (including phenoxy) is 2. The molecular formula is C10H14FNO2. The summed E-state index contributed by atoms with van der Waals surface area (Å²) in [5, 5.41) is 0. The van der Waals surface area contributed by atoms with E-state index in [4.69, 9.17) is 15.2 Å². The molecule has 0 amide bonds. The molecule has 0 fully saturated rings. The van der Waals surface area contributed by atoms with E-state index >= 15 is 0 Å². The zero-order valence-corrected chi connectivity index (χ0v) is 8.34. The molecule has 0 radical (unpaired) electrons. The Bertz CT molecular complexity index is 315. The quantitative estimate of drug-likeness (QED) is 0.796. The Balaban J connectivity index is 3.09. The Morgan fingerprint density at radius 2 is 1.79 bits per heavy atom. The molecule has 0 spiro atoms. The highest BCUT2D eigenvalue weighted by Gasteiger charge is 2.09. The predicted molar refractivity (Wildman–Crippen MR) is 52.3 cm³/mol. The van der Waals surface area contributed by atoms with Crippen molar-refractivity contribution in [2.24, 2.45) is 5.73 Å². The van der Waals surface area contributed by atoms with Crippen molar-refractivity contribution in [2.75, 3.05) is 20.8 Å². The normalized spacial score (nSPS) is 10.0. The fraction of sp³-hybridized carbons (Fsp3) is 0.400. The van der Waals surface area contributed by atoms with Crippen LogP contribution in [0, 0.1) is 5.82 Å². The van der Waals surface area contributed by atoms with Gasteiger partial charge >= 0.3 is 0 Å². The molecule has 3 nitrogen and oxygen atoms in total. The van der Waals surface area contributed by atoms with Gasteiger partial charge in [0, 0.05) is 6.07 Å². The first kappa shape index (κ1) is 10.8. The SMILES string of the molecule is COc1cc(F)c(CCN)cc1OC. The van der Waals surface area contributed by atoms with Gasteiger partial charge in [0.05, 0.1) is 14.2 Å². The van der Waals surface area contributed by atoms with Crippen LogP contribution in [0.25, 0.3) is 0 Å². The summed E-state index contributed by atoms with van der Waals surface area (Å²) in [5.41, 5.74) is 5.90. The molecule has 1 aromatic carbocycles. The number of benzene rings is 1. The number of hydrogen-bond acceptors (Lipinski definition) is 3. The van der Waals surface area contributed by atoms with E-state index in [1.165, 1.54) is 20.3 Å². The molecule has 4 heteroatoms. The van der Waals surface area contributed by atoms with Gasteiger partial charge in [0.25, 0.3) is 0 Å². The van der Waals surface area contributed by atoms with Crippen LogP contribution in [0.4, 0.5) is 4.39 Å². The van der Waals surface area contributed by atoms with E-state index in [-0.39, 0.29) is 5.82 Å². The summed E-state index contributed by atoms with van der Waals surface area (Å²) in [6.45, 7) is 0.409. The van der Waals surface area contributed by atoms with Gasteiger partial charge in [-0.2, -0.15) is 0 Å². The van der Waals surface area contributed by atoms with Gasteiger partial charge in [-0.15, -0.1) is 0 Å². The van der Waals surface area contributed by atoms with E-state index < -0.39 is 0 Å². The van der Waals surface area contributed by atoms with Gasteiger partial charge in [0.1, 0.15) is 5.82 Å². The molecule has 78 valence electrons. The van der Waals surface area contributed by atoms with Gasteiger partial charge in [-0.1, -0.05) is 0 Å². The monoisotopic (exact) mass is 199 g/mol. The Labute approximate surface area is 82.6 Å². The second-order valence-corrected chi connectivity index (χ2v) is 2.84. The summed E-state index contributed by atoms with van der Waals surface area (Å²) >= 11 is 0. The minimum Gasteiger partial charge on any atom is -0.493 e. The van der Waals surface area contributed by atoms with Gasteiger partial charge in [0.15, 0.2) is 11.5 Å². The molecular weight excluding hydrogens is 185 g/mol. The number of methoxy groups -OCH3 is 2. The van der Waals surface area contributed by atoms with E-state index in [0.717, 1.165) is 0 Å². The predicted octanol–water partition coefficient (Wildman–Crippen LogP) is 1.34. The van der Waals surface area contributed by atoms with Gasteiger partial charge < -0.3 is 15.2 Å². The van der Waals surface area contributed by atoms with Crippen LogP contribution in [-0.4, -0.2) is 20.8 Å². The van der Waals surface area contributed by atoms with Crippen molar-refractivity contribution in [3.8, 4) is 11.5 Å². The molecule has 14 heavy (non-hydrogen) atoms. The summed E-state index contributed by atoms with van der Waals surface area (Å²) in [7, 11) is 2.99. The maximum absolute atomic E-state index is 13.3. The molecule has 0 saturated carbocycles. The highest BCUT2D eigenvalue weighted by molar-refractivity contribution is 5.43. The highest BCUT2D eigenvalue weighted by atomic mass is 19.1. The summed E-state index contributed by atoms with van der Waals surface area (Å²) in [5.74, 6) is 0.608. The van der Waals surface area contributed by atoms with E-state index in [9.17, 15) is 4.39 Å². The van der Waals surface area contributed by atoms with Crippen molar-refractivity contribution < 1.29 is 13.9 Å². The van der Waals surface area contributed by atoms with E-state index in [1.807, 2.05) is 0 Å². The van der Waals surface area contributed by atoms with E-state index in [2.05, 4.69) is 0 Å². The molecule has 2 N–H and O–H groups in total. The Kier molecular flexibility index (Phi) is 3.71. The average Bonchev–Trinajstić information content (AvgIpc) is 2.20. The van der Waals surface area contributed by atoms with Crippen LogP contribution in [-0.2, 0) is 6.42 Å². The fourth-order valence-corrected chi connectivity index (χ4v) is 1.24. The third kappa shape index (κ3) is 2.14. The summed E-state index contributed by atoms with van der Waals surface area (Å²) < 4.78 is 23.3. The zero-order chi connectivity index (χ0) is 10.6. The van der Waals surface area contributed by atoms with Crippen LogP contribution in [0.3, 0.4) is 0 Å². The Morgan fingerprint density at radius 3 is 2.29 bits per heavy atom. The lowest BCUT2D eigenvalue weighted by atomic mass is 10.1. The van der Waals surface area contributed by atoms with Crippen LogP contribution in [0.5, 0.6) is 11.5 Å². The summed E-state index contributed by atoms with van der Waals surface area (Å²) in [6, 6.07) is 2.92. The molecule has 0 bridgehead atoms. The molecule has 1 aromatic rings. The Morgan fingerprint density at radius 1 is 1.21 bits per heavy atom. The second kappa shape index (κ2) is 4.81.